The Hall–Kier alpha value is -2.28. The summed E-state index contributed by atoms with van der Waals surface area (Å²) >= 11 is 0. The SMILES string of the molecule is CCCCn1c(=O)c(=N)n(C(=N)C2(C)CC2)c2ncc(CO)cc21. The van der Waals surface area contributed by atoms with Gasteiger partial charge in [0, 0.05) is 18.2 Å². The summed E-state index contributed by atoms with van der Waals surface area (Å²) in [7, 11) is 0. The number of aliphatic hydroxyl groups excluding tert-OH is 1. The molecule has 128 valence electrons. The van der Waals surface area contributed by atoms with Crippen molar-refractivity contribution in [3.8, 4) is 0 Å². The van der Waals surface area contributed by atoms with Crippen LogP contribution in [0.1, 0.15) is 45.1 Å². The highest BCUT2D eigenvalue weighted by Crippen LogP contribution is 2.46. The van der Waals surface area contributed by atoms with E-state index in [0.29, 0.717) is 23.3 Å². The largest absolute Gasteiger partial charge is 0.392 e. The second kappa shape index (κ2) is 5.98. The van der Waals surface area contributed by atoms with E-state index in [2.05, 4.69) is 4.98 Å². The molecule has 3 N–H and O–H groups in total. The minimum atomic E-state index is -0.415. The van der Waals surface area contributed by atoms with Crippen LogP contribution in [0.15, 0.2) is 17.1 Å². The van der Waals surface area contributed by atoms with Crippen molar-refractivity contribution in [3.63, 3.8) is 0 Å². The molecule has 0 aromatic carbocycles. The van der Waals surface area contributed by atoms with Gasteiger partial charge in [0.2, 0.25) is 0 Å². The van der Waals surface area contributed by atoms with Gasteiger partial charge in [-0.2, -0.15) is 0 Å². The molecule has 0 atom stereocenters. The fraction of sp³-hybridized carbons (Fsp3) is 0.529. The second-order valence-corrected chi connectivity index (χ2v) is 6.75. The molecule has 0 bridgehead atoms. The van der Waals surface area contributed by atoms with E-state index in [1.807, 2.05) is 13.8 Å². The van der Waals surface area contributed by atoms with Crippen molar-refractivity contribution in [1.82, 2.24) is 14.1 Å². The van der Waals surface area contributed by atoms with Crippen LogP contribution in [0.4, 0.5) is 0 Å². The molecule has 1 aliphatic carbocycles. The van der Waals surface area contributed by atoms with Crippen LogP contribution in [-0.4, -0.2) is 25.1 Å². The molecule has 1 fully saturated rings. The van der Waals surface area contributed by atoms with Gasteiger partial charge in [0.25, 0.3) is 5.56 Å². The molecule has 2 aromatic heterocycles. The van der Waals surface area contributed by atoms with Gasteiger partial charge >= 0.3 is 0 Å². The molecule has 0 saturated heterocycles. The highest BCUT2D eigenvalue weighted by Gasteiger charge is 2.43. The number of rotatable bonds is 5. The number of fused-ring (bicyclic) bond motifs is 1. The Kier molecular flexibility index (Phi) is 4.13. The summed E-state index contributed by atoms with van der Waals surface area (Å²) < 4.78 is 2.92. The Morgan fingerprint density at radius 2 is 2.17 bits per heavy atom. The minimum absolute atomic E-state index is 0.164. The maximum absolute atomic E-state index is 12.7. The molecule has 7 nitrogen and oxygen atoms in total. The van der Waals surface area contributed by atoms with E-state index in [4.69, 9.17) is 10.8 Å². The normalized spacial score (nSPS) is 15.6. The Bertz CT molecular complexity index is 921. The minimum Gasteiger partial charge on any atom is -0.392 e. The van der Waals surface area contributed by atoms with Crippen LogP contribution in [0, 0.1) is 16.2 Å². The molecule has 7 heteroatoms. The first-order valence-corrected chi connectivity index (χ1v) is 8.32. The van der Waals surface area contributed by atoms with E-state index in [1.165, 1.54) is 10.8 Å². The van der Waals surface area contributed by atoms with Crippen molar-refractivity contribution in [2.45, 2.75) is 52.7 Å². The van der Waals surface area contributed by atoms with Crippen molar-refractivity contribution in [2.75, 3.05) is 0 Å². The Morgan fingerprint density at radius 1 is 1.46 bits per heavy atom. The fourth-order valence-electron chi connectivity index (χ4n) is 2.83. The predicted molar refractivity (Wildman–Crippen MR) is 91.1 cm³/mol. The zero-order chi connectivity index (χ0) is 17.5. The molecule has 1 saturated carbocycles. The molecular weight excluding hydrogens is 306 g/mol. The van der Waals surface area contributed by atoms with Crippen LogP contribution >= 0.6 is 0 Å². The van der Waals surface area contributed by atoms with Gasteiger partial charge in [-0.15, -0.1) is 0 Å². The third kappa shape index (κ3) is 2.58. The molecule has 2 heterocycles. The number of aryl methyl sites for hydroxylation is 1. The van der Waals surface area contributed by atoms with Crippen molar-refractivity contribution >= 4 is 17.0 Å². The van der Waals surface area contributed by atoms with Crippen LogP contribution in [0.25, 0.3) is 11.2 Å². The molecule has 3 rings (SSSR count). The standard InChI is InChI=1S/C17H23N5O2/c1-3-4-7-21-12-8-11(10-23)9-20-14(12)22(13(18)15(21)24)16(19)17(2)5-6-17/h8-9,18-19,23H,3-7,10H2,1-2H3. The molecule has 24 heavy (non-hydrogen) atoms. The molecule has 0 aliphatic heterocycles. The Morgan fingerprint density at radius 3 is 2.75 bits per heavy atom. The summed E-state index contributed by atoms with van der Waals surface area (Å²) in [6.07, 6.45) is 5.05. The fourth-order valence-corrected chi connectivity index (χ4v) is 2.83. The van der Waals surface area contributed by atoms with Gasteiger partial charge in [-0.25, -0.2) is 4.98 Å². The van der Waals surface area contributed by atoms with Gasteiger partial charge in [-0.3, -0.25) is 20.2 Å². The summed E-state index contributed by atoms with van der Waals surface area (Å²) in [6.45, 7) is 4.35. The summed E-state index contributed by atoms with van der Waals surface area (Å²) in [5.41, 5.74) is 0.701. The molecule has 0 spiro atoms. The van der Waals surface area contributed by atoms with E-state index >= 15 is 0 Å². The van der Waals surface area contributed by atoms with Crippen molar-refractivity contribution < 1.29 is 5.11 Å². The average Bonchev–Trinajstić information content (AvgIpc) is 3.34. The Labute approximate surface area is 139 Å². The van der Waals surface area contributed by atoms with Crippen LogP contribution < -0.4 is 11.0 Å². The molecule has 1 aliphatic rings. The molecule has 2 aromatic rings. The van der Waals surface area contributed by atoms with E-state index in [-0.39, 0.29) is 23.3 Å². The predicted octanol–water partition coefficient (Wildman–Crippen LogP) is 1.60. The van der Waals surface area contributed by atoms with Crippen molar-refractivity contribution in [3.05, 3.63) is 33.7 Å². The number of pyridine rings is 1. The van der Waals surface area contributed by atoms with Crippen LogP contribution in [0.5, 0.6) is 0 Å². The lowest BCUT2D eigenvalue weighted by Gasteiger charge is -2.19. The first kappa shape index (κ1) is 16.6. The third-order valence-corrected chi connectivity index (χ3v) is 4.79. The van der Waals surface area contributed by atoms with Crippen molar-refractivity contribution in [2.24, 2.45) is 5.41 Å². The number of nitrogens with one attached hydrogen (secondary N) is 2. The van der Waals surface area contributed by atoms with E-state index in [9.17, 15) is 9.90 Å². The second-order valence-electron chi connectivity index (χ2n) is 6.75. The van der Waals surface area contributed by atoms with Gasteiger partial charge in [0.1, 0.15) is 5.84 Å². The van der Waals surface area contributed by atoms with E-state index in [1.54, 1.807) is 10.6 Å². The number of aromatic nitrogens is 3. The first-order chi connectivity index (χ1) is 11.4. The van der Waals surface area contributed by atoms with E-state index < -0.39 is 5.56 Å². The highest BCUT2D eigenvalue weighted by atomic mass is 16.3. The van der Waals surface area contributed by atoms with Gasteiger partial charge in [-0.1, -0.05) is 20.3 Å². The number of nitrogens with zero attached hydrogens (tertiary/aromatic N) is 3. The number of hydrogen-bond acceptors (Lipinski definition) is 5. The van der Waals surface area contributed by atoms with E-state index in [0.717, 1.165) is 25.7 Å². The zero-order valence-electron chi connectivity index (χ0n) is 14.1. The monoisotopic (exact) mass is 329 g/mol. The summed E-state index contributed by atoms with van der Waals surface area (Å²) in [5, 5.41) is 26.2. The van der Waals surface area contributed by atoms with Crippen LogP contribution in [-0.2, 0) is 13.2 Å². The topological polar surface area (TPSA) is 108 Å². The molecular formula is C17H23N5O2. The number of unbranched alkanes of at least 4 members (excludes halogenated alkanes) is 1. The maximum atomic E-state index is 12.7. The summed E-state index contributed by atoms with van der Waals surface area (Å²) in [4.78, 5) is 17.1. The maximum Gasteiger partial charge on any atom is 0.294 e. The average molecular weight is 329 g/mol. The number of hydrogen-bond donors (Lipinski definition) is 3. The number of aliphatic hydroxyl groups is 1. The van der Waals surface area contributed by atoms with Gasteiger partial charge in [0.05, 0.1) is 12.1 Å². The van der Waals surface area contributed by atoms with Gasteiger partial charge in [0.15, 0.2) is 11.1 Å². The lowest BCUT2D eigenvalue weighted by atomic mass is 10.1. The van der Waals surface area contributed by atoms with Crippen molar-refractivity contribution in [1.29, 1.82) is 10.8 Å². The van der Waals surface area contributed by atoms with Crippen LogP contribution in [0.3, 0.4) is 0 Å². The molecule has 0 amide bonds. The quantitative estimate of drug-likeness (QED) is 0.572. The van der Waals surface area contributed by atoms with Gasteiger partial charge in [-0.05, 0) is 30.9 Å². The zero-order valence-corrected chi connectivity index (χ0v) is 14.1. The summed E-state index contributed by atoms with van der Waals surface area (Å²) in [6, 6.07) is 1.73. The molecule has 0 radical (unpaired) electrons. The highest BCUT2D eigenvalue weighted by molar-refractivity contribution is 5.94. The van der Waals surface area contributed by atoms with Gasteiger partial charge < -0.3 is 9.67 Å². The van der Waals surface area contributed by atoms with Crippen LogP contribution in [0.2, 0.25) is 0 Å². The third-order valence-electron chi connectivity index (χ3n) is 4.79. The molecule has 0 unspecified atom stereocenters. The lowest BCUT2D eigenvalue weighted by molar-refractivity contribution is 0.281. The summed E-state index contributed by atoms with van der Waals surface area (Å²) in [5.74, 6) is 0.251. The Balaban J connectivity index is 2.33. The first-order valence-electron chi connectivity index (χ1n) is 8.32. The smallest absolute Gasteiger partial charge is 0.294 e. The lowest BCUT2D eigenvalue weighted by Crippen LogP contribution is -2.46.